The van der Waals surface area contributed by atoms with Gasteiger partial charge >= 0.3 is 0 Å². The molecule has 0 radical (unpaired) electrons. The Morgan fingerprint density at radius 2 is 2.23 bits per heavy atom. The Hall–Kier alpha value is -1.50. The minimum absolute atomic E-state index is 0.0238. The van der Waals surface area contributed by atoms with E-state index in [1.165, 1.54) is 0 Å². The van der Waals surface area contributed by atoms with E-state index in [0.29, 0.717) is 23.5 Å². The lowest BCUT2D eigenvalue weighted by Crippen LogP contribution is -2.40. The third-order valence-corrected chi connectivity index (χ3v) is 6.14. The molecular formula is C16H21N3O2S. The topological polar surface area (TPSA) is 62.3 Å². The summed E-state index contributed by atoms with van der Waals surface area (Å²) in [4.78, 5) is 4.68. The van der Waals surface area contributed by atoms with E-state index in [9.17, 15) is 8.42 Å². The van der Waals surface area contributed by atoms with Crippen LogP contribution in [0, 0.1) is 6.92 Å². The molecule has 1 N–H and O–H groups in total. The number of para-hydroxylation sites is 1. The summed E-state index contributed by atoms with van der Waals surface area (Å²) >= 11 is 0. The standard InChI is InChI=1S/C16H21N3O2S/c1-12-9-13-5-3-7-15(16(13)18-10-12)22(20,21)19-8-4-6-14(19)11-17-2/h3,5,7,9-10,14,17H,4,6,8,11H2,1-2H3. The summed E-state index contributed by atoms with van der Waals surface area (Å²) in [6.45, 7) is 3.21. The Bertz CT molecular complexity index is 789. The lowest BCUT2D eigenvalue weighted by atomic mass is 10.2. The van der Waals surface area contributed by atoms with Crippen LogP contribution in [-0.2, 0) is 10.0 Å². The van der Waals surface area contributed by atoms with E-state index in [1.54, 1.807) is 22.6 Å². The zero-order chi connectivity index (χ0) is 15.7. The van der Waals surface area contributed by atoms with E-state index >= 15 is 0 Å². The molecule has 2 heterocycles. The highest BCUT2D eigenvalue weighted by atomic mass is 32.2. The van der Waals surface area contributed by atoms with E-state index in [4.69, 9.17) is 0 Å². The number of aromatic nitrogens is 1. The molecule has 22 heavy (non-hydrogen) atoms. The molecular weight excluding hydrogens is 298 g/mol. The van der Waals surface area contributed by atoms with E-state index in [0.717, 1.165) is 23.8 Å². The van der Waals surface area contributed by atoms with Crippen molar-refractivity contribution in [3.05, 3.63) is 36.0 Å². The predicted molar refractivity (Wildman–Crippen MR) is 87.3 cm³/mol. The molecule has 1 aromatic carbocycles. The van der Waals surface area contributed by atoms with Gasteiger partial charge in [0.15, 0.2) is 0 Å². The molecule has 1 atom stereocenters. The second-order valence-corrected chi connectivity index (χ2v) is 7.67. The molecule has 1 aromatic heterocycles. The largest absolute Gasteiger partial charge is 0.318 e. The van der Waals surface area contributed by atoms with Gasteiger partial charge in [-0.2, -0.15) is 4.31 Å². The fourth-order valence-electron chi connectivity index (χ4n) is 3.14. The van der Waals surface area contributed by atoms with Crippen LogP contribution < -0.4 is 5.32 Å². The number of rotatable bonds is 4. The van der Waals surface area contributed by atoms with Gasteiger partial charge in [0.1, 0.15) is 4.90 Å². The van der Waals surface area contributed by atoms with Crippen LogP contribution in [0.4, 0.5) is 0 Å². The summed E-state index contributed by atoms with van der Waals surface area (Å²) in [6, 6.07) is 7.35. The van der Waals surface area contributed by atoms with Crippen molar-refractivity contribution in [2.75, 3.05) is 20.1 Å². The third-order valence-electron chi connectivity index (χ3n) is 4.16. The number of sulfonamides is 1. The average Bonchev–Trinajstić information content (AvgIpc) is 2.95. The molecule has 6 heteroatoms. The van der Waals surface area contributed by atoms with Crippen molar-refractivity contribution in [1.29, 1.82) is 0 Å². The summed E-state index contributed by atoms with van der Waals surface area (Å²) in [7, 11) is -1.67. The molecule has 0 amide bonds. The highest BCUT2D eigenvalue weighted by Gasteiger charge is 2.35. The summed E-state index contributed by atoms with van der Waals surface area (Å²) in [5, 5.41) is 3.95. The van der Waals surface area contributed by atoms with Crippen LogP contribution in [0.25, 0.3) is 10.9 Å². The normalized spacial score (nSPS) is 19.8. The van der Waals surface area contributed by atoms with E-state index in [2.05, 4.69) is 10.3 Å². The summed E-state index contributed by atoms with van der Waals surface area (Å²) < 4.78 is 27.8. The quantitative estimate of drug-likeness (QED) is 0.935. The second kappa shape index (κ2) is 5.95. The fourth-order valence-corrected chi connectivity index (χ4v) is 5.00. The zero-order valence-electron chi connectivity index (χ0n) is 12.9. The SMILES string of the molecule is CNCC1CCCN1S(=O)(=O)c1cccc2cc(C)cnc12. The molecule has 1 saturated heterocycles. The molecule has 5 nitrogen and oxygen atoms in total. The third kappa shape index (κ3) is 2.62. The van der Waals surface area contributed by atoms with Crippen LogP contribution in [0.2, 0.25) is 0 Å². The fraction of sp³-hybridized carbons (Fsp3) is 0.438. The highest BCUT2D eigenvalue weighted by molar-refractivity contribution is 7.89. The van der Waals surface area contributed by atoms with Gasteiger partial charge in [0.25, 0.3) is 0 Å². The van der Waals surface area contributed by atoms with E-state index < -0.39 is 10.0 Å². The number of pyridine rings is 1. The van der Waals surface area contributed by atoms with Crippen molar-refractivity contribution in [2.45, 2.75) is 30.7 Å². The molecule has 2 aromatic rings. The molecule has 3 rings (SSSR count). The number of hydrogen-bond acceptors (Lipinski definition) is 4. The predicted octanol–water partition coefficient (Wildman–Crippen LogP) is 1.92. The number of fused-ring (bicyclic) bond motifs is 1. The highest BCUT2D eigenvalue weighted by Crippen LogP contribution is 2.29. The summed E-state index contributed by atoms with van der Waals surface area (Å²) in [5.74, 6) is 0. The van der Waals surface area contributed by atoms with Crippen molar-refractivity contribution >= 4 is 20.9 Å². The van der Waals surface area contributed by atoms with Crippen molar-refractivity contribution < 1.29 is 8.42 Å². The second-order valence-electron chi connectivity index (χ2n) is 5.81. The smallest absolute Gasteiger partial charge is 0.245 e. The Morgan fingerprint density at radius 3 is 3.00 bits per heavy atom. The van der Waals surface area contributed by atoms with Crippen molar-refractivity contribution in [3.63, 3.8) is 0 Å². The maximum atomic E-state index is 13.1. The lowest BCUT2D eigenvalue weighted by Gasteiger charge is -2.24. The molecule has 1 aliphatic rings. The molecule has 0 bridgehead atoms. The molecule has 0 saturated carbocycles. The van der Waals surface area contributed by atoms with Gasteiger partial charge in [-0.1, -0.05) is 12.1 Å². The van der Waals surface area contributed by atoms with Crippen LogP contribution >= 0.6 is 0 Å². The zero-order valence-corrected chi connectivity index (χ0v) is 13.7. The minimum Gasteiger partial charge on any atom is -0.318 e. The minimum atomic E-state index is -3.52. The average molecular weight is 319 g/mol. The first-order chi connectivity index (χ1) is 10.5. The van der Waals surface area contributed by atoms with Crippen LogP contribution in [0.5, 0.6) is 0 Å². The lowest BCUT2D eigenvalue weighted by molar-refractivity contribution is 0.379. The summed E-state index contributed by atoms with van der Waals surface area (Å²) in [6.07, 6.45) is 3.52. The van der Waals surface area contributed by atoms with Crippen molar-refractivity contribution in [3.8, 4) is 0 Å². The van der Waals surface area contributed by atoms with Gasteiger partial charge in [0.05, 0.1) is 5.52 Å². The number of benzene rings is 1. The maximum absolute atomic E-state index is 13.1. The molecule has 0 spiro atoms. The van der Waals surface area contributed by atoms with Crippen LogP contribution in [-0.4, -0.2) is 43.9 Å². The first-order valence-corrected chi connectivity index (χ1v) is 9.00. The van der Waals surface area contributed by atoms with Gasteiger partial charge in [-0.25, -0.2) is 8.42 Å². The summed E-state index contributed by atoms with van der Waals surface area (Å²) in [5.41, 5.74) is 1.58. The first kappa shape index (κ1) is 15.4. The Morgan fingerprint density at radius 1 is 1.41 bits per heavy atom. The Labute approximate surface area is 131 Å². The van der Waals surface area contributed by atoms with Crippen LogP contribution in [0.15, 0.2) is 35.4 Å². The number of nitrogens with one attached hydrogen (secondary N) is 1. The van der Waals surface area contributed by atoms with Gasteiger partial charge < -0.3 is 5.32 Å². The molecule has 1 fully saturated rings. The molecule has 1 aliphatic heterocycles. The number of aryl methyl sites for hydroxylation is 1. The van der Waals surface area contributed by atoms with Crippen LogP contribution in [0.3, 0.4) is 0 Å². The number of hydrogen-bond donors (Lipinski definition) is 1. The van der Waals surface area contributed by atoms with Gasteiger partial charge in [-0.15, -0.1) is 0 Å². The van der Waals surface area contributed by atoms with Gasteiger partial charge in [-0.05, 0) is 44.5 Å². The van der Waals surface area contributed by atoms with Gasteiger partial charge in [-0.3, -0.25) is 4.98 Å². The van der Waals surface area contributed by atoms with Crippen LogP contribution in [0.1, 0.15) is 18.4 Å². The van der Waals surface area contributed by atoms with Crippen molar-refractivity contribution in [1.82, 2.24) is 14.6 Å². The van der Waals surface area contributed by atoms with E-state index in [-0.39, 0.29) is 6.04 Å². The number of nitrogens with zero attached hydrogens (tertiary/aromatic N) is 2. The van der Waals surface area contributed by atoms with E-state index in [1.807, 2.05) is 26.1 Å². The molecule has 0 aliphatic carbocycles. The molecule has 118 valence electrons. The Balaban J connectivity index is 2.09. The molecule has 1 unspecified atom stereocenters. The first-order valence-electron chi connectivity index (χ1n) is 7.56. The van der Waals surface area contributed by atoms with Gasteiger partial charge in [0.2, 0.25) is 10.0 Å². The maximum Gasteiger partial charge on any atom is 0.245 e. The monoisotopic (exact) mass is 319 g/mol. The number of likely N-dealkylation sites (N-methyl/N-ethyl adjacent to an activating group) is 1. The van der Waals surface area contributed by atoms with Crippen molar-refractivity contribution in [2.24, 2.45) is 0 Å². The Kier molecular flexibility index (Phi) is 4.16. The van der Waals surface area contributed by atoms with Gasteiger partial charge in [0, 0.05) is 30.7 Å².